The third kappa shape index (κ3) is 6.84. The molecule has 96 valence electrons. The van der Waals surface area contributed by atoms with Crippen molar-refractivity contribution in [3.05, 3.63) is 0 Å². The average molecular weight is 246 g/mol. The molecule has 0 aliphatic carbocycles. The zero-order valence-electron chi connectivity index (χ0n) is 8.93. The molecule has 0 saturated carbocycles. The van der Waals surface area contributed by atoms with Crippen LogP contribution in [0, 0.1) is 0 Å². The van der Waals surface area contributed by atoms with Gasteiger partial charge in [0.15, 0.2) is 0 Å². The van der Waals surface area contributed by atoms with Gasteiger partial charge in [-0.1, -0.05) is 0 Å². The molecule has 0 aliphatic heterocycles. The molecule has 1 atom stereocenters. The normalized spacial score (nSPS) is 11.4. The third-order valence-corrected chi connectivity index (χ3v) is 1.67. The van der Waals surface area contributed by atoms with Crippen LogP contribution in [0.4, 0.5) is 0 Å². The van der Waals surface area contributed by atoms with E-state index in [1.54, 1.807) is 0 Å². The van der Waals surface area contributed by atoms with E-state index in [2.05, 4.69) is 5.32 Å². The summed E-state index contributed by atoms with van der Waals surface area (Å²) in [5, 5.41) is 12.8. The number of primary amides is 1. The average Bonchev–Trinajstić information content (AvgIpc) is 2.24. The molecule has 0 bridgehead atoms. The van der Waals surface area contributed by atoms with E-state index in [0.717, 1.165) is 0 Å². The first-order chi connectivity index (χ1) is 7.86. The van der Waals surface area contributed by atoms with Crippen molar-refractivity contribution >= 4 is 23.7 Å². The standard InChI is InChI=1S/C8H14N4O5/c9-2-6(14)11-3-7(15)12-4(8(16)17)1-5(10)13/h4H,1-3,9H2,(H2,10,13)(H,11,14)(H,12,15)(H,16,17)/t4-/m0/s1. The molecule has 0 aromatic carbocycles. The van der Waals surface area contributed by atoms with E-state index in [4.69, 9.17) is 16.6 Å². The first kappa shape index (κ1) is 14.8. The second kappa shape index (κ2) is 7.17. The highest BCUT2D eigenvalue weighted by molar-refractivity contribution is 5.90. The number of carboxylic acids is 1. The summed E-state index contributed by atoms with van der Waals surface area (Å²) in [6.07, 6.45) is -0.522. The van der Waals surface area contributed by atoms with E-state index in [0.29, 0.717) is 0 Å². The van der Waals surface area contributed by atoms with E-state index in [1.807, 2.05) is 5.32 Å². The quantitative estimate of drug-likeness (QED) is 0.312. The first-order valence-electron chi connectivity index (χ1n) is 4.64. The molecular weight excluding hydrogens is 232 g/mol. The highest BCUT2D eigenvalue weighted by atomic mass is 16.4. The van der Waals surface area contributed by atoms with Gasteiger partial charge in [0.1, 0.15) is 6.04 Å². The largest absolute Gasteiger partial charge is 0.480 e. The summed E-state index contributed by atoms with van der Waals surface area (Å²) >= 11 is 0. The van der Waals surface area contributed by atoms with Gasteiger partial charge >= 0.3 is 5.97 Å². The maximum Gasteiger partial charge on any atom is 0.326 e. The van der Waals surface area contributed by atoms with Gasteiger partial charge in [-0.15, -0.1) is 0 Å². The van der Waals surface area contributed by atoms with Crippen LogP contribution in [-0.4, -0.2) is 47.9 Å². The van der Waals surface area contributed by atoms with Gasteiger partial charge in [-0.2, -0.15) is 0 Å². The lowest BCUT2D eigenvalue weighted by Gasteiger charge is -2.12. The number of nitrogens with two attached hydrogens (primary N) is 2. The zero-order valence-corrected chi connectivity index (χ0v) is 8.93. The Morgan fingerprint density at radius 2 is 1.76 bits per heavy atom. The number of carboxylic acid groups (broad SMARTS) is 1. The number of carbonyl (C=O) groups is 4. The molecule has 0 aromatic heterocycles. The van der Waals surface area contributed by atoms with Crippen molar-refractivity contribution in [1.82, 2.24) is 10.6 Å². The van der Waals surface area contributed by atoms with Crippen LogP contribution >= 0.6 is 0 Å². The maximum absolute atomic E-state index is 11.2. The van der Waals surface area contributed by atoms with E-state index in [1.165, 1.54) is 0 Å². The number of hydrogen-bond acceptors (Lipinski definition) is 5. The Bertz CT molecular complexity index is 330. The van der Waals surface area contributed by atoms with E-state index >= 15 is 0 Å². The summed E-state index contributed by atoms with van der Waals surface area (Å²) in [7, 11) is 0. The second-order valence-corrected chi connectivity index (χ2v) is 3.11. The molecular formula is C8H14N4O5. The van der Waals surface area contributed by atoms with Crippen LogP contribution in [0.3, 0.4) is 0 Å². The van der Waals surface area contributed by atoms with Crippen molar-refractivity contribution in [2.24, 2.45) is 11.5 Å². The van der Waals surface area contributed by atoms with E-state index < -0.39 is 42.7 Å². The number of carbonyl (C=O) groups excluding carboxylic acids is 3. The number of hydrogen-bond donors (Lipinski definition) is 5. The Labute approximate surface area is 96.5 Å². The fourth-order valence-corrected chi connectivity index (χ4v) is 0.898. The Morgan fingerprint density at radius 1 is 1.18 bits per heavy atom. The highest BCUT2D eigenvalue weighted by Gasteiger charge is 2.21. The molecule has 0 aliphatic rings. The monoisotopic (exact) mass is 246 g/mol. The van der Waals surface area contributed by atoms with Gasteiger partial charge in [-0.05, 0) is 0 Å². The summed E-state index contributed by atoms with van der Waals surface area (Å²) in [6, 6.07) is -1.41. The Morgan fingerprint density at radius 3 is 2.18 bits per heavy atom. The molecule has 0 heterocycles. The van der Waals surface area contributed by atoms with Crippen LogP contribution in [-0.2, 0) is 19.2 Å². The molecule has 3 amide bonds. The Kier molecular flexibility index (Phi) is 6.26. The molecule has 9 heteroatoms. The summed E-state index contributed by atoms with van der Waals surface area (Å²) < 4.78 is 0. The lowest BCUT2D eigenvalue weighted by Crippen LogP contribution is -2.47. The van der Waals surface area contributed by atoms with Gasteiger partial charge in [0.25, 0.3) is 0 Å². The van der Waals surface area contributed by atoms with Crippen molar-refractivity contribution in [2.75, 3.05) is 13.1 Å². The zero-order chi connectivity index (χ0) is 13.4. The van der Waals surface area contributed by atoms with Crippen molar-refractivity contribution in [1.29, 1.82) is 0 Å². The predicted octanol–water partition coefficient (Wildman–Crippen LogP) is -3.49. The number of nitrogens with one attached hydrogen (secondary N) is 2. The van der Waals surface area contributed by atoms with Crippen molar-refractivity contribution in [3.8, 4) is 0 Å². The van der Waals surface area contributed by atoms with E-state index in [9.17, 15) is 19.2 Å². The highest BCUT2D eigenvalue weighted by Crippen LogP contribution is 1.91. The summed E-state index contributed by atoms with van der Waals surface area (Å²) in [5.74, 6) is -3.55. The van der Waals surface area contributed by atoms with Gasteiger partial charge in [-0.3, -0.25) is 14.4 Å². The molecule has 0 spiro atoms. The van der Waals surface area contributed by atoms with Gasteiger partial charge in [0, 0.05) is 0 Å². The van der Waals surface area contributed by atoms with E-state index in [-0.39, 0.29) is 6.54 Å². The van der Waals surface area contributed by atoms with Crippen molar-refractivity contribution in [3.63, 3.8) is 0 Å². The number of aliphatic carboxylic acids is 1. The molecule has 0 saturated heterocycles. The minimum absolute atomic E-state index is 0.281. The van der Waals surface area contributed by atoms with Gasteiger partial charge in [0.05, 0.1) is 19.5 Å². The molecule has 17 heavy (non-hydrogen) atoms. The lowest BCUT2D eigenvalue weighted by atomic mass is 10.2. The summed E-state index contributed by atoms with van der Waals surface area (Å²) in [5.41, 5.74) is 9.79. The smallest absolute Gasteiger partial charge is 0.326 e. The molecule has 7 N–H and O–H groups in total. The molecule has 0 unspecified atom stereocenters. The van der Waals surface area contributed by atoms with Crippen LogP contribution in [0.1, 0.15) is 6.42 Å². The summed E-state index contributed by atoms with van der Waals surface area (Å²) in [6.45, 7) is -0.699. The van der Waals surface area contributed by atoms with Crippen molar-refractivity contribution < 1.29 is 24.3 Å². The fraction of sp³-hybridized carbons (Fsp3) is 0.500. The molecule has 0 fully saturated rings. The lowest BCUT2D eigenvalue weighted by molar-refractivity contribution is -0.143. The number of rotatable bonds is 7. The van der Waals surface area contributed by atoms with Gasteiger partial charge in [0.2, 0.25) is 17.7 Å². The van der Waals surface area contributed by atoms with Crippen LogP contribution < -0.4 is 22.1 Å². The van der Waals surface area contributed by atoms with Gasteiger partial charge < -0.3 is 27.2 Å². The first-order valence-corrected chi connectivity index (χ1v) is 4.64. The molecule has 0 aromatic rings. The summed E-state index contributed by atoms with van der Waals surface area (Å²) in [4.78, 5) is 43.0. The molecule has 9 nitrogen and oxygen atoms in total. The van der Waals surface area contributed by atoms with Crippen LogP contribution in [0.15, 0.2) is 0 Å². The van der Waals surface area contributed by atoms with Crippen LogP contribution in [0.5, 0.6) is 0 Å². The minimum atomic E-state index is -1.41. The third-order valence-electron chi connectivity index (χ3n) is 1.67. The maximum atomic E-state index is 11.2. The number of amides is 3. The van der Waals surface area contributed by atoms with Crippen LogP contribution in [0.2, 0.25) is 0 Å². The van der Waals surface area contributed by atoms with Crippen LogP contribution in [0.25, 0.3) is 0 Å². The second-order valence-electron chi connectivity index (χ2n) is 3.11. The SMILES string of the molecule is NCC(=O)NCC(=O)N[C@@H](CC(N)=O)C(=O)O. The molecule has 0 rings (SSSR count). The topological polar surface area (TPSA) is 165 Å². The van der Waals surface area contributed by atoms with Crippen molar-refractivity contribution in [2.45, 2.75) is 12.5 Å². The predicted molar refractivity (Wildman–Crippen MR) is 55.4 cm³/mol. The fourth-order valence-electron chi connectivity index (χ4n) is 0.898. The Balaban J connectivity index is 4.17. The minimum Gasteiger partial charge on any atom is -0.480 e. The molecule has 0 radical (unpaired) electrons. The van der Waals surface area contributed by atoms with Gasteiger partial charge in [-0.25, -0.2) is 4.79 Å². The Hall–Kier alpha value is -2.16.